The average Bonchev–Trinajstić information content (AvgIpc) is 3.65. The first kappa shape index (κ1) is 28.9. The van der Waals surface area contributed by atoms with Gasteiger partial charge in [0.2, 0.25) is 5.91 Å². The lowest BCUT2D eigenvalue weighted by molar-refractivity contribution is -0.160. The van der Waals surface area contributed by atoms with Crippen molar-refractivity contribution in [2.75, 3.05) is 11.5 Å². The molecule has 1 amide bonds. The maximum atomic E-state index is 14.3. The first-order valence-corrected chi connectivity index (χ1v) is 15.8. The van der Waals surface area contributed by atoms with Crippen molar-refractivity contribution in [1.29, 1.82) is 0 Å². The van der Waals surface area contributed by atoms with Crippen LogP contribution in [-0.4, -0.2) is 47.8 Å². The zero-order valence-electron chi connectivity index (χ0n) is 21.8. The van der Waals surface area contributed by atoms with Gasteiger partial charge in [-0.3, -0.25) is 9.59 Å². The van der Waals surface area contributed by atoms with Crippen LogP contribution in [0.5, 0.6) is 0 Å². The second-order valence-electron chi connectivity index (χ2n) is 11.1. The SMILES string of the molecule is CC[C@@H](CCS(=O)(=O)CC1CC1)N1C(=O)[C@@](C)(CC(=O)O)CC(c2cccc(Cl)c2)C1c1ccc(Cl)cc1. The van der Waals surface area contributed by atoms with Gasteiger partial charge in [-0.1, -0.05) is 61.3 Å². The van der Waals surface area contributed by atoms with Crippen molar-refractivity contribution in [2.45, 2.75) is 70.4 Å². The molecule has 4 rings (SSSR count). The Labute approximate surface area is 235 Å². The minimum absolute atomic E-state index is 0.00337. The van der Waals surface area contributed by atoms with Crippen LogP contribution < -0.4 is 0 Å². The summed E-state index contributed by atoms with van der Waals surface area (Å²) in [6.07, 6.45) is 2.75. The minimum atomic E-state index is -3.25. The number of nitrogens with zero attached hydrogens (tertiary/aromatic N) is 1. The lowest BCUT2D eigenvalue weighted by Gasteiger charge is -2.52. The Morgan fingerprint density at radius 3 is 2.37 bits per heavy atom. The van der Waals surface area contributed by atoms with E-state index >= 15 is 0 Å². The Morgan fingerprint density at radius 2 is 1.79 bits per heavy atom. The molecule has 2 aliphatic rings. The molecule has 6 nitrogen and oxygen atoms in total. The molecule has 2 fully saturated rings. The number of carbonyl (C=O) groups excluding carboxylic acids is 1. The quantitative estimate of drug-likeness (QED) is 0.327. The van der Waals surface area contributed by atoms with Crippen molar-refractivity contribution in [3.8, 4) is 0 Å². The lowest BCUT2D eigenvalue weighted by atomic mass is 9.67. The molecule has 38 heavy (non-hydrogen) atoms. The first-order valence-electron chi connectivity index (χ1n) is 13.2. The van der Waals surface area contributed by atoms with Crippen LogP contribution in [0.3, 0.4) is 0 Å². The topological polar surface area (TPSA) is 91.8 Å². The Morgan fingerprint density at radius 1 is 1.11 bits per heavy atom. The van der Waals surface area contributed by atoms with E-state index in [1.165, 1.54) is 0 Å². The van der Waals surface area contributed by atoms with Gasteiger partial charge >= 0.3 is 5.97 Å². The van der Waals surface area contributed by atoms with Crippen LogP contribution in [0.4, 0.5) is 0 Å². The van der Waals surface area contributed by atoms with Crippen LogP contribution in [0, 0.1) is 11.3 Å². The number of benzene rings is 2. The Balaban J connectivity index is 1.80. The zero-order chi connectivity index (χ0) is 27.7. The van der Waals surface area contributed by atoms with E-state index in [-0.39, 0.29) is 41.7 Å². The number of hydrogen-bond donors (Lipinski definition) is 1. The van der Waals surface area contributed by atoms with Crippen LogP contribution in [0.25, 0.3) is 0 Å². The summed E-state index contributed by atoms with van der Waals surface area (Å²) in [5.41, 5.74) is 0.606. The molecule has 9 heteroatoms. The number of hydrogen-bond acceptors (Lipinski definition) is 4. The number of amides is 1. The van der Waals surface area contributed by atoms with E-state index in [4.69, 9.17) is 23.2 Å². The second kappa shape index (κ2) is 11.6. The Bertz CT molecular complexity index is 1280. The van der Waals surface area contributed by atoms with Gasteiger partial charge in [0, 0.05) is 22.0 Å². The van der Waals surface area contributed by atoms with Gasteiger partial charge in [0.1, 0.15) is 0 Å². The van der Waals surface area contributed by atoms with Gasteiger partial charge in [-0.2, -0.15) is 0 Å². The Hall–Kier alpha value is -2.09. The molecule has 1 aliphatic carbocycles. The molecule has 0 radical (unpaired) electrons. The van der Waals surface area contributed by atoms with E-state index in [9.17, 15) is 23.1 Å². The van der Waals surface area contributed by atoms with E-state index in [2.05, 4.69) is 0 Å². The molecular weight excluding hydrogens is 545 g/mol. The van der Waals surface area contributed by atoms with Crippen molar-refractivity contribution in [1.82, 2.24) is 4.90 Å². The average molecular weight is 581 g/mol. The molecular formula is C29H35Cl2NO5S. The van der Waals surface area contributed by atoms with Crippen molar-refractivity contribution in [3.05, 3.63) is 69.7 Å². The van der Waals surface area contributed by atoms with Gasteiger partial charge in [-0.15, -0.1) is 0 Å². The Kier molecular flexibility index (Phi) is 8.80. The van der Waals surface area contributed by atoms with Gasteiger partial charge in [0.25, 0.3) is 0 Å². The third-order valence-corrected chi connectivity index (χ3v) is 10.3. The number of carboxylic acids is 1. The molecule has 1 heterocycles. The monoisotopic (exact) mass is 579 g/mol. The molecule has 1 aliphatic heterocycles. The highest BCUT2D eigenvalue weighted by molar-refractivity contribution is 7.91. The van der Waals surface area contributed by atoms with Crippen LogP contribution in [0.1, 0.15) is 75.5 Å². The molecule has 2 aromatic carbocycles. The summed E-state index contributed by atoms with van der Waals surface area (Å²) in [7, 11) is -3.25. The first-order chi connectivity index (χ1) is 17.9. The number of halogens is 2. The van der Waals surface area contributed by atoms with Gasteiger partial charge in [0.05, 0.1) is 29.4 Å². The molecule has 206 valence electrons. The zero-order valence-corrected chi connectivity index (χ0v) is 24.1. The highest BCUT2D eigenvalue weighted by atomic mass is 35.5. The second-order valence-corrected chi connectivity index (χ2v) is 14.2. The summed E-state index contributed by atoms with van der Waals surface area (Å²) in [6.45, 7) is 3.66. The third-order valence-electron chi connectivity index (χ3n) is 7.95. The minimum Gasteiger partial charge on any atom is -0.481 e. The van der Waals surface area contributed by atoms with E-state index < -0.39 is 27.3 Å². The standard InChI is InChI=1S/C29H35Cl2NO5S/c1-3-24(13-14-38(36,37)18-19-7-8-19)32-27(20-9-11-22(30)12-10-20)25(21-5-4-6-23(31)15-21)16-29(2,28(32)35)17-26(33)34/h4-6,9-12,15,19,24-25,27H,3,7-8,13-14,16-18H2,1-2H3,(H,33,34)/t24-,25?,27?,29+/m0/s1. The molecule has 2 aromatic rings. The van der Waals surface area contributed by atoms with Crippen molar-refractivity contribution < 1.29 is 23.1 Å². The normalized spacial score (nSPS) is 24.8. The van der Waals surface area contributed by atoms with Gasteiger partial charge in [-0.25, -0.2) is 8.42 Å². The molecule has 1 saturated carbocycles. The number of carboxylic acid groups (broad SMARTS) is 1. The maximum Gasteiger partial charge on any atom is 0.304 e. The highest BCUT2D eigenvalue weighted by Gasteiger charge is 2.52. The predicted molar refractivity (Wildman–Crippen MR) is 150 cm³/mol. The number of piperidine rings is 1. The van der Waals surface area contributed by atoms with Gasteiger partial charge in [-0.05, 0) is 73.4 Å². The van der Waals surface area contributed by atoms with Crippen molar-refractivity contribution in [2.24, 2.45) is 11.3 Å². The largest absolute Gasteiger partial charge is 0.481 e. The van der Waals surface area contributed by atoms with Crippen molar-refractivity contribution in [3.63, 3.8) is 0 Å². The number of likely N-dealkylation sites (tertiary alicyclic amines) is 1. The molecule has 0 bridgehead atoms. The van der Waals surface area contributed by atoms with Crippen LogP contribution >= 0.6 is 23.2 Å². The van der Waals surface area contributed by atoms with Gasteiger partial charge < -0.3 is 10.0 Å². The fourth-order valence-corrected chi connectivity index (χ4v) is 8.04. The summed E-state index contributed by atoms with van der Waals surface area (Å²) in [5, 5.41) is 10.9. The van der Waals surface area contributed by atoms with E-state index in [1.807, 2.05) is 37.3 Å². The molecule has 0 spiro atoms. The fourth-order valence-electron chi connectivity index (χ4n) is 5.86. The fraction of sp³-hybridized carbons (Fsp3) is 0.517. The molecule has 0 aromatic heterocycles. The molecule has 4 atom stereocenters. The summed E-state index contributed by atoms with van der Waals surface area (Å²) < 4.78 is 25.7. The highest BCUT2D eigenvalue weighted by Crippen LogP contribution is 2.52. The van der Waals surface area contributed by atoms with E-state index in [1.54, 1.807) is 30.0 Å². The maximum absolute atomic E-state index is 14.3. The summed E-state index contributed by atoms with van der Waals surface area (Å²) in [5.74, 6) is -1.12. The van der Waals surface area contributed by atoms with Crippen LogP contribution in [-0.2, 0) is 19.4 Å². The summed E-state index contributed by atoms with van der Waals surface area (Å²) in [6, 6.07) is 14.0. The summed E-state index contributed by atoms with van der Waals surface area (Å²) in [4.78, 5) is 28.0. The third kappa shape index (κ3) is 6.72. The van der Waals surface area contributed by atoms with Gasteiger partial charge in [0.15, 0.2) is 9.84 Å². The predicted octanol–water partition coefficient (Wildman–Crippen LogP) is 6.53. The number of carbonyl (C=O) groups is 2. The number of aliphatic carboxylic acids is 1. The molecule has 2 unspecified atom stereocenters. The number of rotatable bonds is 11. The number of sulfone groups is 1. The molecule has 1 saturated heterocycles. The lowest BCUT2D eigenvalue weighted by Crippen LogP contribution is -2.56. The van der Waals surface area contributed by atoms with Crippen molar-refractivity contribution >= 4 is 44.9 Å². The molecule has 1 N–H and O–H groups in total. The van der Waals surface area contributed by atoms with E-state index in [0.29, 0.717) is 29.3 Å². The van der Waals surface area contributed by atoms with Crippen LogP contribution in [0.2, 0.25) is 10.0 Å². The smallest absolute Gasteiger partial charge is 0.304 e. The summed E-state index contributed by atoms with van der Waals surface area (Å²) >= 11 is 12.6. The van der Waals surface area contributed by atoms with Crippen LogP contribution in [0.15, 0.2) is 48.5 Å². The van der Waals surface area contributed by atoms with E-state index in [0.717, 1.165) is 24.0 Å².